The lowest BCUT2D eigenvalue weighted by atomic mass is 10.0. The van der Waals surface area contributed by atoms with Crippen LogP contribution in [0.3, 0.4) is 0 Å². The first-order chi connectivity index (χ1) is 21.5. The molecule has 0 atom stereocenters. The van der Waals surface area contributed by atoms with E-state index in [0.717, 1.165) is 30.7 Å². The Morgan fingerprint density at radius 3 is 2.17 bits per heavy atom. The Bertz CT molecular complexity index is 2020. The summed E-state index contributed by atoms with van der Waals surface area (Å²) < 4.78 is 119. The summed E-state index contributed by atoms with van der Waals surface area (Å²) in [6, 6.07) is 11.9. The second kappa shape index (κ2) is 11.9. The third-order valence-corrected chi connectivity index (χ3v) is 8.07. The number of alkyl halides is 5. The van der Waals surface area contributed by atoms with E-state index in [1.165, 1.54) is 59.8 Å². The van der Waals surface area contributed by atoms with E-state index in [2.05, 4.69) is 20.0 Å². The first-order valence-electron chi connectivity index (χ1n) is 13.3. The summed E-state index contributed by atoms with van der Waals surface area (Å²) in [5.41, 5.74) is 0.992. The highest BCUT2D eigenvalue weighted by atomic mass is 32.2. The van der Waals surface area contributed by atoms with Crippen molar-refractivity contribution in [1.82, 2.24) is 24.5 Å². The van der Waals surface area contributed by atoms with Crippen LogP contribution >= 0.6 is 0 Å². The molecule has 0 fully saturated rings. The molecule has 0 bridgehead atoms. The van der Waals surface area contributed by atoms with Crippen molar-refractivity contribution in [2.24, 2.45) is 0 Å². The molecule has 46 heavy (non-hydrogen) atoms. The van der Waals surface area contributed by atoms with Crippen molar-refractivity contribution in [3.63, 3.8) is 0 Å². The highest BCUT2D eigenvalue weighted by Gasteiger charge is 2.31. The zero-order valence-electron chi connectivity index (χ0n) is 24.6. The largest absolute Gasteiger partial charge is 0.573 e. The van der Waals surface area contributed by atoms with Gasteiger partial charge in [0.05, 0.1) is 34.8 Å². The average Bonchev–Trinajstić information content (AvgIpc) is 3.60. The summed E-state index contributed by atoms with van der Waals surface area (Å²) in [6.45, 7) is 1.92. The van der Waals surface area contributed by atoms with E-state index in [4.69, 9.17) is 4.74 Å². The molecule has 16 heteroatoms. The van der Waals surface area contributed by atoms with E-state index in [9.17, 15) is 30.4 Å². The van der Waals surface area contributed by atoms with Crippen LogP contribution in [-0.4, -0.2) is 52.7 Å². The van der Waals surface area contributed by atoms with Gasteiger partial charge < -0.3 is 14.0 Å². The van der Waals surface area contributed by atoms with Crippen LogP contribution in [0.25, 0.3) is 33.8 Å². The van der Waals surface area contributed by atoms with Gasteiger partial charge in [-0.3, -0.25) is 0 Å². The Labute approximate surface area is 258 Å². The van der Waals surface area contributed by atoms with Gasteiger partial charge in [-0.1, -0.05) is 11.3 Å². The van der Waals surface area contributed by atoms with E-state index in [1.807, 2.05) is 0 Å². The first kappa shape index (κ1) is 32.7. The third-order valence-electron chi connectivity index (χ3n) is 6.90. The van der Waals surface area contributed by atoms with Crippen molar-refractivity contribution in [1.29, 1.82) is 0 Å². The minimum Gasteiger partial charge on any atom is -0.406 e. The zero-order valence-corrected chi connectivity index (χ0v) is 25.4. The van der Waals surface area contributed by atoms with Crippen molar-refractivity contribution in [3.05, 3.63) is 89.9 Å². The highest BCUT2D eigenvalue weighted by molar-refractivity contribution is 7.90. The van der Waals surface area contributed by atoms with Crippen LogP contribution in [0.5, 0.6) is 5.75 Å². The van der Waals surface area contributed by atoms with Gasteiger partial charge >= 0.3 is 6.36 Å². The van der Waals surface area contributed by atoms with Crippen molar-refractivity contribution in [3.8, 4) is 39.5 Å². The van der Waals surface area contributed by atoms with Gasteiger partial charge in [-0.25, -0.2) is 22.5 Å². The molecule has 242 valence electrons. The number of hydrogen-bond donors (Lipinski definition) is 0. The summed E-state index contributed by atoms with van der Waals surface area (Å²) in [6.07, 6.45) is -1.47. The van der Waals surface area contributed by atoms with Crippen LogP contribution < -0.4 is 4.74 Å². The normalized spacial score (nSPS) is 12.5. The van der Waals surface area contributed by atoms with Gasteiger partial charge in [0.1, 0.15) is 23.1 Å². The molecule has 9 nitrogen and oxygen atoms in total. The van der Waals surface area contributed by atoms with Gasteiger partial charge in [0, 0.05) is 37.6 Å². The fourth-order valence-electron chi connectivity index (χ4n) is 4.83. The van der Waals surface area contributed by atoms with Gasteiger partial charge in [0.25, 0.3) is 5.92 Å². The molecule has 0 N–H and O–H groups in total. The number of nitrogens with zero attached hydrogens (tertiary/aromatic N) is 5. The maximum atomic E-state index is 15.3. The standard InChI is InChI=1S/C30H25F6N5O4S/c1-17-38-28(29(2,32)33)15-40(17)24-10-7-19(20-11-23(31)22(16-44-3)27(13-20)46(4,42)43)12-25(24)41-26(14-37-39-41)18-5-8-21(9-6-18)45-30(34,35)36/h5-15H,16H2,1-4H3. The second-order valence-corrected chi connectivity index (χ2v) is 12.4. The van der Waals surface area contributed by atoms with Gasteiger partial charge in [-0.2, -0.15) is 8.78 Å². The van der Waals surface area contributed by atoms with Crippen LogP contribution in [0.15, 0.2) is 71.9 Å². The Hall–Kier alpha value is -4.70. The first-order valence-corrected chi connectivity index (χ1v) is 15.2. The number of benzene rings is 3. The van der Waals surface area contributed by atoms with Crippen molar-refractivity contribution < 1.29 is 44.2 Å². The number of sulfone groups is 1. The number of methoxy groups -OCH3 is 1. The molecule has 2 heterocycles. The smallest absolute Gasteiger partial charge is 0.406 e. The SMILES string of the molecule is COCc1c(F)cc(-c2ccc(-n3cc(C(C)(F)F)nc3C)c(-n3nncc3-c3ccc(OC(F)(F)F)cc3)c2)cc1S(C)(=O)=O. The number of ether oxygens (including phenoxy) is 2. The fourth-order valence-corrected chi connectivity index (χ4v) is 5.78. The summed E-state index contributed by atoms with van der Waals surface area (Å²) in [5, 5.41) is 8.11. The summed E-state index contributed by atoms with van der Waals surface area (Å²) >= 11 is 0. The van der Waals surface area contributed by atoms with Crippen molar-refractivity contribution >= 4 is 9.84 Å². The number of halogens is 6. The van der Waals surface area contributed by atoms with Crippen molar-refractivity contribution in [2.75, 3.05) is 13.4 Å². The Morgan fingerprint density at radius 1 is 0.913 bits per heavy atom. The lowest BCUT2D eigenvalue weighted by molar-refractivity contribution is -0.274. The van der Waals surface area contributed by atoms with Crippen LogP contribution in [0.1, 0.15) is 24.0 Å². The summed E-state index contributed by atoms with van der Waals surface area (Å²) in [5.74, 6) is -4.36. The Morgan fingerprint density at radius 2 is 1.59 bits per heavy atom. The minimum atomic E-state index is -4.89. The molecule has 0 saturated heterocycles. The van der Waals surface area contributed by atoms with E-state index in [-0.39, 0.29) is 45.5 Å². The van der Waals surface area contributed by atoms with Gasteiger partial charge in [0.2, 0.25) is 0 Å². The zero-order chi connectivity index (χ0) is 33.6. The maximum Gasteiger partial charge on any atom is 0.573 e. The maximum absolute atomic E-state index is 15.3. The van der Waals surface area contributed by atoms with E-state index < -0.39 is 39.4 Å². The average molecular weight is 666 g/mol. The van der Waals surface area contributed by atoms with Crippen LogP contribution in [-0.2, 0) is 27.1 Å². The Balaban J connectivity index is 1.72. The molecule has 2 aromatic heterocycles. The van der Waals surface area contributed by atoms with E-state index in [0.29, 0.717) is 18.1 Å². The van der Waals surface area contributed by atoms with Crippen molar-refractivity contribution in [2.45, 2.75) is 37.6 Å². The number of imidazole rings is 1. The lowest BCUT2D eigenvalue weighted by Gasteiger charge is -2.17. The number of aromatic nitrogens is 5. The molecule has 0 spiro atoms. The monoisotopic (exact) mass is 665 g/mol. The molecule has 0 radical (unpaired) electrons. The van der Waals surface area contributed by atoms with Gasteiger partial charge in [0.15, 0.2) is 9.84 Å². The number of aryl methyl sites for hydroxylation is 1. The predicted octanol–water partition coefficient (Wildman–Crippen LogP) is 6.79. The molecule has 0 amide bonds. The Kier molecular flexibility index (Phi) is 8.46. The number of hydrogen-bond acceptors (Lipinski definition) is 7. The molecular formula is C30H25F6N5O4S. The van der Waals surface area contributed by atoms with Gasteiger partial charge in [-0.15, -0.1) is 18.3 Å². The van der Waals surface area contributed by atoms with Crippen LogP contribution in [0, 0.1) is 12.7 Å². The summed E-state index contributed by atoms with van der Waals surface area (Å²) in [7, 11) is -2.60. The van der Waals surface area contributed by atoms with E-state index in [1.54, 1.807) is 6.07 Å². The lowest BCUT2D eigenvalue weighted by Crippen LogP contribution is -2.16. The summed E-state index contributed by atoms with van der Waals surface area (Å²) in [4.78, 5) is 3.71. The molecule has 5 aromatic rings. The van der Waals surface area contributed by atoms with Crippen LogP contribution in [0.4, 0.5) is 26.3 Å². The molecular weight excluding hydrogens is 640 g/mol. The molecule has 0 aliphatic rings. The quantitative estimate of drug-likeness (QED) is 0.160. The van der Waals surface area contributed by atoms with Crippen LogP contribution in [0.2, 0.25) is 0 Å². The molecule has 0 saturated carbocycles. The fraction of sp³-hybridized carbons (Fsp3) is 0.233. The third kappa shape index (κ3) is 6.77. The molecule has 0 aliphatic heterocycles. The number of rotatable bonds is 9. The minimum absolute atomic E-state index is 0.149. The topological polar surface area (TPSA) is 101 Å². The molecule has 0 aliphatic carbocycles. The molecule has 5 rings (SSSR count). The highest BCUT2D eigenvalue weighted by Crippen LogP contribution is 2.35. The van der Waals surface area contributed by atoms with Gasteiger partial charge in [-0.05, 0) is 66.6 Å². The molecule has 0 unspecified atom stereocenters. The van der Waals surface area contributed by atoms with E-state index >= 15 is 4.39 Å². The second-order valence-electron chi connectivity index (χ2n) is 10.4. The predicted molar refractivity (Wildman–Crippen MR) is 154 cm³/mol. The molecule has 3 aromatic carbocycles.